The number of amides is 1. The van der Waals surface area contributed by atoms with Gasteiger partial charge in [0.05, 0.1) is 12.2 Å². The summed E-state index contributed by atoms with van der Waals surface area (Å²) in [6, 6.07) is 0. The number of hydrogen-bond donors (Lipinski definition) is 2. The Morgan fingerprint density at radius 3 is 2.94 bits per heavy atom. The number of nitrogens with one attached hydrogen (secondary N) is 2. The van der Waals surface area contributed by atoms with Gasteiger partial charge in [-0.25, -0.2) is 4.98 Å². The van der Waals surface area contributed by atoms with Crippen molar-refractivity contribution >= 4 is 5.91 Å². The Balaban J connectivity index is 1.78. The molecule has 2 N–H and O–H groups in total. The van der Waals surface area contributed by atoms with E-state index in [4.69, 9.17) is 4.52 Å². The fourth-order valence-corrected chi connectivity index (χ4v) is 1.76. The minimum atomic E-state index is -0.00796. The molecule has 2 aromatic rings. The molecular formula is C12H16N4O2. The van der Waals surface area contributed by atoms with Crippen molar-refractivity contribution in [1.29, 1.82) is 0 Å². The van der Waals surface area contributed by atoms with Crippen LogP contribution in [0.4, 0.5) is 0 Å². The molecule has 18 heavy (non-hydrogen) atoms. The molecule has 0 unspecified atom stereocenters. The first-order chi connectivity index (χ1) is 8.66. The maximum atomic E-state index is 11.7. The normalized spacial score (nSPS) is 10.6. The second-order valence-corrected chi connectivity index (χ2v) is 4.12. The van der Waals surface area contributed by atoms with Crippen molar-refractivity contribution in [2.45, 2.75) is 33.2 Å². The monoisotopic (exact) mass is 248 g/mol. The van der Waals surface area contributed by atoms with Gasteiger partial charge in [-0.3, -0.25) is 4.79 Å². The van der Waals surface area contributed by atoms with Crippen molar-refractivity contribution in [2.75, 3.05) is 0 Å². The Bertz CT molecular complexity index is 497. The van der Waals surface area contributed by atoms with Crippen molar-refractivity contribution in [3.8, 4) is 0 Å². The zero-order valence-electron chi connectivity index (χ0n) is 10.5. The molecule has 1 amide bonds. The maximum absolute atomic E-state index is 11.7. The molecule has 0 saturated carbocycles. The Hall–Kier alpha value is -2.11. The van der Waals surface area contributed by atoms with Gasteiger partial charge in [-0.1, -0.05) is 5.16 Å². The van der Waals surface area contributed by atoms with E-state index in [1.54, 1.807) is 12.4 Å². The standard InChI is InChI=1S/C12H16N4O2/c1-8-10(9(2)18-16-8)3-4-12(17)15-7-11-13-5-6-14-11/h5-6H,3-4,7H2,1-2H3,(H,13,14)(H,15,17). The van der Waals surface area contributed by atoms with Gasteiger partial charge >= 0.3 is 0 Å². The Morgan fingerprint density at radius 1 is 1.50 bits per heavy atom. The van der Waals surface area contributed by atoms with Crippen LogP contribution in [0.3, 0.4) is 0 Å². The summed E-state index contributed by atoms with van der Waals surface area (Å²) in [6.45, 7) is 4.16. The summed E-state index contributed by atoms with van der Waals surface area (Å²) in [6.07, 6.45) is 4.45. The number of H-pyrrole nitrogens is 1. The molecule has 0 spiro atoms. The number of rotatable bonds is 5. The lowest BCUT2D eigenvalue weighted by Gasteiger charge is -2.03. The van der Waals surface area contributed by atoms with E-state index in [-0.39, 0.29) is 5.91 Å². The van der Waals surface area contributed by atoms with Crippen molar-refractivity contribution < 1.29 is 9.32 Å². The largest absolute Gasteiger partial charge is 0.361 e. The quantitative estimate of drug-likeness (QED) is 0.834. The lowest BCUT2D eigenvalue weighted by molar-refractivity contribution is -0.121. The van der Waals surface area contributed by atoms with Crippen molar-refractivity contribution in [2.24, 2.45) is 0 Å². The Labute approximate surface area is 105 Å². The number of aromatic nitrogens is 3. The van der Waals surface area contributed by atoms with Gasteiger partial charge in [0.1, 0.15) is 11.6 Å². The average molecular weight is 248 g/mol. The van der Waals surface area contributed by atoms with Crippen LogP contribution in [-0.4, -0.2) is 21.0 Å². The van der Waals surface area contributed by atoms with Crippen LogP contribution in [-0.2, 0) is 17.8 Å². The van der Waals surface area contributed by atoms with E-state index in [9.17, 15) is 4.79 Å². The number of hydrogen-bond acceptors (Lipinski definition) is 4. The van der Waals surface area contributed by atoms with Crippen molar-refractivity contribution in [3.05, 3.63) is 35.2 Å². The van der Waals surface area contributed by atoms with Crippen LogP contribution in [0.1, 0.15) is 29.3 Å². The number of aromatic amines is 1. The summed E-state index contributed by atoms with van der Waals surface area (Å²) >= 11 is 0. The van der Waals surface area contributed by atoms with E-state index in [1.807, 2.05) is 13.8 Å². The predicted molar refractivity (Wildman–Crippen MR) is 64.7 cm³/mol. The molecule has 2 rings (SSSR count). The first-order valence-corrected chi connectivity index (χ1v) is 5.83. The average Bonchev–Trinajstić information content (AvgIpc) is 2.96. The summed E-state index contributed by atoms with van der Waals surface area (Å²) in [5.41, 5.74) is 1.87. The molecule has 2 heterocycles. The van der Waals surface area contributed by atoms with Gasteiger partial charge in [0.2, 0.25) is 5.91 Å². The van der Waals surface area contributed by atoms with Gasteiger partial charge in [-0.15, -0.1) is 0 Å². The number of carbonyl (C=O) groups is 1. The van der Waals surface area contributed by atoms with E-state index in [0.717, 1.165) is 22.8 Å². The van der Waals surface area contributed by atoms with Gasteiger partial charge in [-0.2, -0.15) is 0 Å². The number of nitrogens with zero attached hydrogens (tertiary/aromatic N) is 2. The summed E-state index contributed by atoms with van der Waals surface area (Å²) in [5, 5.41) is 6.66. The van der Waals surface area contributed by atoms with Crippen molar-refractivity contribution in [3.63, 3.8) is 0 Å². The Morgan fingerprint density at radius 2 is 2.33 bits per heavy atom. The van der Waals surface area contributed by atoms with Crippen LogP contribution in [0.25, 0.3) is 0 Å². The van der Waals surface area contributed by atoms with E-state index in [2.05, 4.69) is 20.4 Å². The molecule has 0 radical (unpaired) electrons. The third-order valence-electron chi connectivity index (χ3n) is 2.79. The summed E-state index contributed by atoms with van der Waals surface area (Å²) in [4.78, 5) is 18.6. The highest BCUT2D eigenvalue weighted by molar-refractivity contribution is 5.76. The molecule has 96 valence electrons. The van der Waals surface area contributed by atoms with E-state index in [0.29, 0.717) is 19.4 Å². The van der Waals surface area contributed by atoms with Gasteiger partial charge in [0, 0.05) is 24.4 Å². The van der Waals surface area contributed by atoms with Gasteiger partial charge in [-0.05, 0) is 20.3 Å². The molecule has 0 aromatic carbocycles. The van der Waals surface area contributed by atoms with Crippen LogP contribution in [0.2, 0.25) is 0 Å². The lowest BCUT2D eigenvalue weighted by atomic mass is 10.1. The molecule has 0 fully saturated rings. The molecule has 0 aliphatic carbocycles. The van der Waals surface area contributed by atoms with Crippen molar-refractivity contribution in [1.82, 2.24) is 20.4 Å². The second kappa shape index (κ2) is 5.48. The predicted octanol–water partition coefficient (Wildman–Crippen LogP) is 1.26. The van der Waals surface area contributed by atoms with E-state index >= 15 is 0 Å². The molecule has 0 bridgehead atoms. The van der Waals surface area contributed by atoms with Gasteiger partial charge in [0.15, 0.2) is 0 Å². The molecule has 0 aliphatic rings. The molecule has 2 aromatic heterocycles. The highest BCUT2D eigenvalue weighted by atomic mass is 16.5. The highest BCUT2D eigenvalue weighted by Crippen LogP contribution is 2.14. The zero-order chi connectivity index (χ0) is 13.0. The van der Waals surface area contributed by atoms with Gasteiger partial charge < -0.3 is 14.8 Å². The minimum Gasteiger partial charge on any atom is -0.361 e. The summed E-state index contributed by atoms with van der Waals surface area (Å²) in [5.74, 6) is 1.53. The first kappa shape index (κ1) is 12.3. The van der Waals surface area contributed by atoms with E-state index < -0.39 is 0 Å². The minimum absolute atomic E-state index is 0.00796. The Kier molecular flexibility index (Phi) is 3.76. The summed E-state index contributed by atoms with van der Waals surface area (Å²) in [7, 11) is 0. The smallest absolute Gasteiger partial charge is 0.220 e. The third-order valence-corrected chi connectivity index (χ3v) is 2.79. The SMILES string of the molecule is Cc1noc(C)c1CCC(=O)NCc1ncc[nH]1. The highest BCUT2D eigenvalue weighted by Gasteiger charge is 2.11. The fourth-order valence-electron chi connectivity index (χ4n) is 1.76. The van der Waals surface area contributed by atoms with Crippen LogP contribution in [0.5, 0.6) is 0 Å². The van der Waals surface area contributed by atoms with Crippen LogP contribution >= 0.6 is 0 Å². The molecule has 6 nitrogen and oxygen atoms in total. The first-order valence-electron chi connectivity index (χ1n) is 5.83. The van der Waals surface area contributed by atoms with Gasteiger partial charge in [0.25, 0.3) is 0 Å². The molecular weight excluding hydrogens is 232 g/mol. The maximum Gasteiger partial charge on any atom is 0.220 e. The van der Waals surface area contributed by atoms with Crippen LogP contribution < -0.4 is 5.32 Å². The topological polar surface area (TPSA) is 83.8 Å². The second-order valence-electron chi connectivity index (χ2n) is 4.12. The molecule has 0 aliphatic heterocycles. The number of carbonyl (C=O) groups excluding carboxylic acids is 1. The summed E-state index contributed by atoms with van der Waals surface area (Å²) < 4.78 is 5.05. The van der Waals surface area contributed by atoms with E-state index in [1.165, 1.54) is 0 Å². The molecule has 0 saturated heterocycles. The fraction of sp³-hybridized carbons (Fsp3) is 0.417. The molecule has 6 heteroatoms. The number of imidazole rings is 1. The lowest BCUT2D eigenvalue weighted by Crippen LogP contribution is -2.23. The number of aryl methyl sites for hydroxylation is 2. The van der Waals surface area contributed by atoms with Crippen LogP contribution in [0.15, 0.2) is 16.9 Å². The van der Waals surface area contributed by atoms with Crippen LogP contribution in [0, 0.1) is 13.8 Å². The third kappa shape index (κ3) is 2.97. The molecule has 0 atom stereocenters. The zero-order valence-corrected chi connectivity index (χ0v) is 10.5.